The number of fused-ring (bicyclic) bond motifs is 7. The van der Waals surface area contributed by atoms with Crippen molar-refractivity contribution in [3.8, 4) is 0 Å². The Hall–Kier alpha value is -7.45. The summed E-state index contributed by atoms with van der Waals surface area (Å²) in [5, 5.41) is 2.82. The van der Waals surface area contributed by atoms with Crippen LogP contribution in [0.25, 0.3) is 0 Å². The van der Waals surface area contributed by atoms with Gasteiger partial charge < -0.3 is 24.3 Å². The fourth-order valence-electron chi connectivity index (χ4n) is 12.5. The van der Waals surface area contributed by atoms with Crippen molar-refractivity contribution in [2.45, 2.75) is 44.4 Å². The molecule has 15 rings (SSSR count). The molecule has 0 aromatic heterocycles. The summed E-state index contributed by atoms with van der Waals surface area (Å²) >= 11 is 24.9. The molecule has 1 aliphatic carbocycles. The lowest BCUT2D eigenvalue weighted by molar-refractivity contribution is -0.123. The van der Waals surface area contributed by atoms with Crippen LogP contribution in [0.4, 0.5) is 17.1 Å². The Kier molecular flexibility index (Phi) is 18.7. The summed E-state index contributed by atoms with van der Waals surface area (Å²) in [5.74, 6) is 1.99. The fraction of sp³-hybridized carbons (Fsp3) is 0.274. The molecule has 15 heteroatoms. The van der Waals surface area contributed by atoms with Gasteiger partial charge in [0.25, 0.3) is 0 Å². The summed E-state index contributed by atoms with van der Waals surface area (Å²) in [6, 6.07) is 62.5. The number of benzodiazepines with no additional fused rings is 2. The first-order valence-electron chi connectivity index (χ1n) is 30.3. The van der Waals surface area contributed by atoms with Gasteiger partial charge in [-0.25, -0.2) is 4.99 Å². The molecule has 7 aliphatic rings. The highest BCUT2D eigenvalue weighted by atomic mass is 35.5. The van der Waals surface area contributed by atoms with Crippen molar-refractivity contribution >= 4 is 92.4 Å². The molecule has 0 spiro atoms. The number of carbonyl (C=O) groups excluding carboxylic acids is 2. The first-order valence-corrected chi connectivity index (χ1v) is 31.8. The maximum atomic E-state index is 12.6. The van der Waals surface area contributed by atoms with Crippen LogP contribution < -0.4 is 9.80 Å². The number of aliphatic imine (C=N–C) groups is 3. The largest absolute Gasteiger partial charge is 0.372 e. The second-order valence-electron chi connectivity index (χ2n) is 23.5. The number of benzene rings is 8. The zero-order valence-corrected chi connectivity index (χ0v) is 52.8. The molecule has 0 N–H and O–H groups in total. The van der Waals surface area contributed by atoms with Gasteiger partial charge in [-0.1, -0.05) is 174 Å². The third kappa shape index (κ3) is 13.6. The third-order valence-corrected chi connectivity index (χ3v) is 18.0. The van der Waals surface area contributed by atoms with Crippen molar-refractivity contribution in [3.05, 3.63) is 264 Å². The van der Waals surface area contributed by atoms with Gasteiger partial charge in [-0.15, -0.1) is 0 Å². The van der Waals surface area contributed by atoms with Crippen LogP contribution in [0.5, 0.6) is 0 Å². The molecule has 1 saturated carbocycles. The molecule has 448 valence electrons. The highest BCUT2D eigenvalue weighted by Gasteiger charge is 2.51. The van der Waals surface area contributed by atoms with Gasteiger partial charge in [-0.05, 0) is 110 Å². The van der Waals surface area contributed by atoms with E-state index < -0.39 is 5.72 Å². The van der Waals surface area contributed by atoms with Gasteiger partial charge >= 0.3 is 0 Å². The van der Waals surface area contributed by atoms with Gasteiger partial charge in [0.2, 0.25) is 5.91 Å². The van der Waals surface area contributed by atoms with E-state index in [1.165, 1.54) is 35.2 Å². The van der Waals surface area contributed by atoms with Crippen molar-refractivity contribution in [2.24, 2.45) is 20.9 Å². The van der Waals surface area contributed by atoms with Crippen LogP contribution in [0.2, 0.25) is 20.1 Å². The van der Waals surface area contributed by atoms with E-state index in [1.807, 2.05) is 139 Å². The molecule has 0 radical (unpaired) electrons. The first-order chi connectivity index (χ1) is 42.8. The Labute approximate surface area is 536 Å². The molecule has 2 atom stereocenters. The van der Waals surface area contributed by atoms with Crippen LogP contribution in [0.15, 0.2) is 203 Å². The Balaban J connectivity index is 0.000000115. The fourth-order valence-corrected chi connectivity index (χ4v) is 13.2. The average Bonchev–Trinajstić information content (AvgIpc) is 1.79. The van der Waals surface area contributed by atoms with E-state index in [1.54, 1.807) is 0 Å². The topological polar surface area (TPSA) is 96.7 Å². The Morgan fingerprint density at radius 3 is 1.83 bits per heavy atom. The number of Topliss-reactive ketones (excluding diaryl/α,β-unsaturated/α-hetero) is 1. The van der Waals surface area contributed by atoms with E-state index in [0.717, 1.165) is 136 Å². The van der Waals surface area contributed by atoms with Crippen molar-refractivity contribution in [3.63, 3.8) is 0 Å². The van der Waals surface area contributed by atoms with Crippen molar-refractivity contribution in [1.82, 2.24) is 14.7 Å². The van der Waals surface area contributed by atoms with Crippen LogP contribution >= 0.6 is 46.4 Å². The zero-order chi connectivity index (χ0) is 60.9. The summed E-state index contributed by atoms with van der Waals surface area (Å²) in [7, 11) is 4.27. The Morgan fingerprint density at radius 2 is 1.15 bits per heavy atom. The monoisotopic (exact) mass is 1250 g/mol. The second kappa shape index (κ2) is 27.1. The predicted octanol–water partition coefficient (Wildman–Crippen LogP) is 14.5. The lowest BCUT2D eigenvalue weighted by Gasteiger charge is -2.37. The number of hydrogen-bond donors (Lipinski definition) is 0. The number of piperazine rings is 1. The van der Waals surface area contributed by atoms with E-state index in [0.29, 0.717) is 28.9 Å². The van der Waals surface area contributed by atoms with E-state index in [-0.39, 0.29) is 24.3 Å². The van der Waals surface area contributed by atoms with Crippen LogP contribution in [0.1, 0.15) is 75.4 Å². The molecule has 0 unspecified atom stereocenters. The number of likely N-dealkylation sites (N-methyl/N-ethyl adjacent to an activating group) is 2. The van der Waals surface area contributed by atoms with Crippen LogP contribution in [-0.4, -0.2) is 129 Å². The molecule has 11 nitrogen and oxygen atoms in total. The Morgan fingerprint density at radius 1 is 0.568 bits per heavy atom. The lowest BCUT2D eigenvalue weighted by atomic mass is 9.89. The molecule has 0 bridgehead atoms. The maximum absolute atomic E-state index is 12.6. The summed E-state index contributed by atoms with van der Waals surface area (Å²) in [4.78, 5) is 50.4. The van der Waals surface area contributed by atoms with Crippen molar-refractivity contribution in [2.75, 3.05) is 89.3 Å². The number of nitrogens with zero attached hydrogens (tertiary/aromatic N) is 8. The molecule has 2 saturated heterocycles. The molecule has 1 amide bonds. The van der Waals surface area contributed by atoms with E-state index in [4.69, 9.17) is 61.1 Å². The third-order valence-electron chi connectivity index (χ3n) is 17.1. The van der Waals surface area contributed by atoms with Gasteiger partial charge in [0.1, 0.15) is 12.4 Å². The number of halogens is 4. The minimum Gasteiger partial charge on any atom is -0.372 e. The second-order valence-corrected chi connectivity index (χ2v) is 25.2. The zero-order valence-electron chi connectivity index (χ0n) is 49.8. The quantitative estimate of drug-likeness (QED) is 0.169. The lowest BCUT2D eigenvalue weighted by Crippen LogP contribution is -2.47. The number of hydrogen-bond acceptors (Lipinski definition) is 10. The number of amides is 1. The Bertz CT molecular complexity index is 3950. The minimum absolute atomic E-state index is 0.0490. The van der Waals surface area contributed by atoms with Crippen LogP contribution in [-0.2, 0) is 32.9 Å². The van der Waals surface area contributed by atoms with Gasteiger partial charge in [-0.2, -0.15) is 0 Å². The van der Waals surface area contributed by atoms with E-state index in [9.17, 15) is 9.59 Å². The molecular formula is C73H70Cl4N8O3. The number of amidine groups is 1. The van der Waals surface area contributed by atoms with Crippen LogP contribution in [0.3, 0.4) is 0 Å². The number of ether oxygens (including phenoxy) is 1. The van der Waals surface area contributed by atoms with Gasteiger partial charge in [0.05, 0.1) is 42.0 Å². The molecule has 6 heterocycles. The number of ketones is 1. The standard InChI is InChI=1S/C19H20ClN3.C19H17ClN2O.C19H18ClNO2.C16H15ClN2/c1-22-8-10-23(11-9-22)19-17-5-3-2-4-14(17)12-15-6-7-16(20)13-18(15)21-19;20-15-8-9-17-16(10-15)19(14-4-2-1-3-5-14)21-11-18(23)22(17)12-13-6-7-13;1-13-11-21-12-17(22)9-14-7-8-16(20)10-18(14)19(21,23-13)15-5-3-2-4-6-15;1-19-10-9-18-16(12-5-3-2-4-6-12)14-11-13(17)7-8-15(14)19/h2-7,13H,8-12H2,1H3;1-5,8-10,13H,6-7,11-12H2;2-8,10,13H,9,11-12H2,1H3;2-8,11H,9-10H2,1H3/t;;13-,19+;/m..1./s1. The number of carbonyl (C=O) groups is 2. The summed E-state index contributed by atoms with van der Waals surface area (Å²) in [6.07, 6.45) is 3.80. The van der Waals surface area contributed by atoms with Gasteiger partial charge in [0.15, 0.2) is 11.5 Å². The molecule has 6 aliphatic heterocycles. The molecular weight excluding hydrogens is 1180 g/mol. The van der Waals surface area contributed by atoms with Crippen molar-refractivity contribution in [1.29, 1.82) is 0 Å². The molecule has 3 fully saturated rings. The molecule has 88 heavy (non-hydrogen) atoms. The summed E-state index contributed by atoms with van der Waals surface area (Å²) < 4.78 is 6.46. The highest BCUT2D eigenvalue weighted by Crippen LogP contribution is 2.46. The van der Waals surface area contributed by atoms with Gasteiger partial charge in [0, 0.05) is 130 Å². The first kappa shape index (κ1) is 60.8. The SMILES string of the molecule is CN1CCN(C2=Nc3cc(Cl)ccc3Cc3ccccc32)CC1.CN1CCN=C(c2ccccc2)c2cc(Cl)ccc21.C[C@@H]1CN2CC(=O)Cc3ccc(Cl)cc3[C@]2(c2ccccc2)O1.O=C1CN=C(c2ccccc2)c2cc(Cl)ccc2N1CC1CC1. The van der Waals surface area contributed by atoms with Crippen molar-refractivity contribution < 1.29 is 14.3 Å². The summed E-state index contributed by atoms with van der Waals surface area (Å²) in [5.41, 5.74) is 15.3. The average molecular weight is 1250 g/mol. The highest BCUT2D eigenvalue weighted by molar-refractivity contribution is 6.33. The van der Waals surface area contributed by atoms with E-state index >= 15 is 0 Å². The van der Waals surface area contributed by atoms with E-state index in [2.05, 4.69) is 99.4 Å². The van der Waals surface area contributed by atoms with Gasteiger partial charge in [-0.3, -0.25) is 24.5 Å². The van der Waals surface area contributed by atoms with Crippen LogP contribution in [0, 0.1) is 5.92 Å². The number of rotatable bonds is 5. The summed E-state index contributed by atoms with van der Waals surface area (Å²) in [6.45, 7) is 10.0. The molecule has 8 aromatic rings. The predicted molar refractivity (Wildman–Crippen MR) is 361 cm³/mol. The maximum Gasteiger partial charge on any atom is 0.248 e. The minimum atomic E-state index is -0.729. The number of anilines is 2. The normalized spacial score (nSPS) is 19.6. The molecule has 8 aromatic carbocycles. The smallest absolute Gasteiger partial charge is 0.248 e.